The molecule has 2 heterocycles. The molecule has 4 rings (SSSR count). The van der Waals surface area contributed by atoms with E-state index in [9.17, 15) is 88.2 Å². The highest BCUT2D eigenvalue weighted by Crippen LogP contribution is 2.20. The number of rotatable bonds is 47. The molecule has 2 aromatic carbocycles. The molecule has 576 valence electrons. The largest absolute Gasteiger partial charge is 0.481 e. The van der Waals surface area contributed by atoms with E-state index in [4.69, 9.17) is 28.7 Å². The van der Waals surface area contributed by atoms with Gasteiger partial charge in [0.25, 0.3) is 0 Å². The first kappa shape index (κ1) is 86.4. The third-order valence-corrected chi connectivity index (χ3v) is 16.5. The summed E-state index contributed by atoms with van der Waals surface area (Å²) in [4.78, 5) is 195. The summed E-state index contributed by atoms with van der Waals surface area (Å²) in [5.41, 5.74) is 29.3. The summed E-state index contributed by atoms with van der Waals surface area (Å²) in [6, 6.07) is -3.00. The number of fused-ring (bicyclic) bond motifs is 1. The van der Waals surface area contributed by atoms with Gasteiger partial charge in [0, 0.05) is 67.8 Å². The summed E-state index contributed by atoms with van der Waals surface area (Å²) in [6.07, 6.45) is 0.0902. The van der Waals surface area contributed by atoms with E-state index in [0.29, 0.717) is 27.7 Å². The molecule has 0 saturated heterocycles. The molecule has 0 aliphatic rings. The minimum atomic E-state index is -1.81. The van der Waals surface area contributed by atoms with Crippen molar-refractivity contribution in [3.05, 3.63) is 90.1 Å². The molecular formula is C64H95N21O19S. The summed E-state index contributed by atoms with van der Waals surface area (Å²) < 4.78 is 0. The lowest BCUT2D eigenvalue weighted by atomic mass is 10.0. The van der Waals surface area contributed by atoms with Crippen LogP contribution in [0.2, 0.25) is 0 Å². The first-order valence-electron chi connectivity index (χ1n) is 33.1. The number of carbonyl (C=O) groups excluding carboxylic acids is 11. The molecule has 0 spiro atoms. The van der Waals surface area contributed by atoms with Gasteiger partial charge in [0.2, 0.25) is 65.0 Å². The average molecular weight is 1490 g/mol. The third kappa shape index (κ3) is 30.1. The first-order chi connectivity index (χ1) is 49.8. The number of carbonyl (C=O) groups is 13. The number of hydrogen-bond acceptors (Lipinski definition) is 22. The number of hydrogen-bond donors (Lipinski definition) is 24. The van der Waals surface area contributed by atoms with Gasteiger partial charge in [-0.25, -0.2) is 9.78 Å². The fraction of sp³-hybridized carbons (Fsp3) is 0.500. The molecule has 4 aromatic rings. The minimum absolute atomic E-state index is 0.00489. The number of carboxylic acid groups (broad SMARTS) is 2. The highest BCUT2D eigenvalue weighted by atomic mass is 32.2. The Morgan fingerprint density at radius 2 is 1.00 bits per heavy atom. The van der Waals surface area contributed by atoms with Gasteiger partial charge in [0.05, 0.1) is 38.3 Å². The van der Waals surface area contributed by atoms with Crippen LogP contribution in [0.3, 0.4) is 0 Å². The molecule has 0 fully saturated rings. The van der Waals surface area contributed by atoms with E-state index < -0.39 is 188 Å². The molecule has 41 heteroatoms. The Morgan fingerprint density at radius 3 is 1.52 bits per heavy atom. The van der Waals surface area contributed by atoms with E-state index in [2.05, 4.69) is 83.4 Å². The van der Waals surface area contributed by atoms with Crippen LogP contribution in [0.4, 0.5) is 0 Å². The molecule has 11 amide bonds. The summed E-state index contributed by atoms with van der Waals surface area (Å²) in [5.74, 6) is -15.0. The predicted molar refractivity (Wildman–Crippen MR) is 380 cm³/mol. The molecule has 2 aromatic heterocycles. The number of imidazole rings is 1. The summed E-state index contributed by atoms with van der Waals surface area (Å²) in [5, 5.41) is 87.6. The number of thioether (sulfide) groups is 1. The van der Waals surface area contributed by atoms with Crippen molar-refractivity contribution in [2.45, 2.75) is 157 Å². The maximum atomic E-state index is 15.0. The molecule has 0 unspecified atom stereocenters. The molecule has 0 aliphatic heterocycles. The van der Waals surface area contributed by atoms with E-state index >= 15 is 4.79 Å². The Hall–Kier alpha value is -11.0. The SMILES string of the molecule is CSCC[C@H](NC(=O)[C@H](CO)NC(=O)CNC(=O)[C@H](Cc1cnc[nH]1)NC(=O)[C@H](CO)NC(=O)[C@@H](N)[C@@H](C)O)C(=O)N[C@@H](CCC(=O)O)C(=O)N[C@@H](Cc1ccccc1)C(=O)N[C@@H](Cc1c[nH]c2ccccc12)C(=O)N[C@@H](CCCN=C(N)N)C(=O)N[C@H](C(=O)N[C@@H](CCCN=C(N)N)C(=O)O)[C@@H](C)O. The number of aliphatic carboxylic acids is 2. The second kappa shape index (κ2) is 44.5. The van der Waals surface area contributed by atoms with Crippen LogP contribution in [0.1, 0.15) is 75.6 Å². The van der Waals surface area contributed by atoms with Gasteiger partial charge in [-0.05, 0) is 81.6 Å². The Kier molecular flexibility index (Phi) is 36.6. The van der Waals surface area contributed by atoms with E-state index in [1.165, 1.54) is 31.2 Å². The van der Waals surface area contributed by atoms with Crippen LogP contribution in [0.5, 0.6) is 0 Å². The molecule has 0 saturated carbocycles. The van der Waals surface area contributed by atoms with Crippen molar-refractivity contribution in [1.29, 1.82) is 0 Å². The Balaban J connectivity index is 1.62. The number of para-hydroxylation sites is 1. The van der Waals surface area contributed by atoms with Crippen LogP contribution < -0.4 is 87.2 Å². The van der Waals surface area contributed by atoms with Crippen LogP contribution in [0.15, 0.2) is 83.3 Å². The number of nitrogens with zero attached hydrogens (tertiary/aromatic N) is 3. The number of aliphatic hydroxyl groups is 4. The maximum Gasteiger partial charge on any atom is 0.326 e. The number of H-pyrrole nitrogens is 2. The average Bonchev–Trinajstić information content (AvgIpc) is 1.81. The topological polar surface area (TPSA) is 675 Å². The number of nitrogens with one attached hydrogen (secondary N) is 13. The maximum absolute atomic E-state index is 15.0. The van der Waals surface area contributed by atoms with E-state index in [1.54, 1.807) is 67.0 Å². The van der Waals surface area contributed by atoms with Crippen molar-refractivity contribution in [3.8, 4) is 0 Å². The lowest BCUT2D eigenvalue weighted by molar-refractivity contribution is -0.143. The number of aromatic amines is 2. The zero-order valence-electron chi connectivity index (χ0n) is 57.9. The molecule has 105 heavy (non-hydrogen) atoms. The second-order valence-corrected chi connectivity index (χ2v) is 25.2. The lowest BCUT2D eigenvalue weighted by Gasteiger charge is -2.28. The van der Waals surface area contributed by atoms with Gasteiger partial charge >= 0.3 is 11.9 Å². The number of aliphatic imine (C=N–C) groups is 2. The molecular weight excluding hydrogens is 1400 g/mol. The van der Waals surface area contributed by atoms with Gasteiger partial charge in [-0.3, -0.25) is 67.5 Å². The van der Waals surface area contributed by atoms with Crippen LogP contribution in [-0.4, -0.2) is 258 Å². The highest BCUT2D eigenvalue weighted by molar-refractivity contribution is 7.98. The predicted octanol–water partition coefficient (Wildman–Crippen LogP) is -8.23. The van der Waals surface area contributed by atoms with Gasteiger partial charge in [0.15, 0.2) is 11.9 Å². The van der Waals surface area contributed by atoms with Crippen molar-refractivity contribution >= 4 is 112 Å². The van der Waals surface area contributed by atoms with Crippen molar-refractivity contribution in [2.75, 3.05) is 44.9 Å². The zero-order chi connectivity index (χ0) is 77.9. The van der Waals surface area contributed by atoms with Crippen LogP contribution in [0, 0.1) is 0 Å². The first-order valence-corrected chi connectivity index (χ1v) is 34.5. The normalized spacial score (nSPS) is 14.8. The van der Waals surface area contributed by atoms with Crippen molar-refractivity contribution in [3.63, 3.8) is 0 Å². The van der Waals surface area contributed by atoms with Gasteiger partial charge in [0.1, 0.15) is 66.5 Å². The smallest absolute Gasteiger partial charge is 0.326 e. The fourth-order valence-electron chi connectivity index (χ4n) is 10.2. The number of aromatic nitrogens is 3. The Bertz CT molecular complexity index is 3630. The molecule has 13 atom stereocenters. The Labute approximate surface area is 606 Å². The highest BCUT2D eigenvalue weighted by Gasteiger charge is 2.37. The number of carboxylic acids is 2. The number of nitrogens with two attached hydrogens (primary N) is 5. The number of guanidine groups is 2. The molecule has 29 N–H and O–H groups in total. The minimum Gasteiger partial charge on any atom is -0.481 e. The number of aliphatic hydroxyl groups excluding tert-OH is 4. The number of amides is 11. The monoisotopic (exact) mass is 1490 g/mol. The van der Waals surface area contributed by atoms with Crippen molar-refractivity contribution in [2.24, 2.45) is 38.7 Å². The fourth-order valence-corrected chi connectivity index (χ4v) is 10.6. The van der Waals surface area contributed by atoms with Crippen LogP contribution in [-0.2, 0) is 81.6 Å². The molecule has 0 bridgehead atoms. The summed E-state index contributed by atoms with van der Waals surface area (Å²) >= 11 is 1.22. The van der Waals surface area contributed by atoms with Crippen molar-refractivity contribution < 1.29 is 93.0 Å². The Morgan fingerprint density at radius 1 is 0.524 bits per heavy atom. The third-order valence-electron chi connectivity index (χ3n) is 15.9. The van der Waals surface area contributed by atoms with Gasteiger partial charge in [-0.15, -0.1) is 0 Å². The van der Waals surface area contributed by atoms with Crippen LogP contribution >= 0.6 is 11.8 Å². The summed E-state index contributed by atoms with van der Waals surface area (Å²) in [6.45, 7) is -0.646. The van der Waals surface area contributed by atoms with E-state index in [-0.39, 0.29) is 82.1 Å². The lowest BCUT2D eigenvalue weighted by Crippen LogP contribution is -2.61. The van der Waals surface area contributed by atoms with Gasteiger partial charge in [-0.2, -0.15) is 11.8 Å². The quantitative estimate of drug-likeness (QED) is 0.0111. The summed E-state index contributed by atoms with van der Waals surface area (Å²) in [7, 11) is 0. The van der Waals surface area contributed by atoms with E-state index in [1.807, 2.05) is 0 Å². The number of benzene rings is 2. The molecule has 0 radical (unpaired) electrons. The standard InChI is InChI=1S/C64H95N21O19S/c1-32(88)50(65)60(101)84-47(30-87)59(100)83-45(25-36-27-70-31-75-36)52(93)74-28-48(90)76-46(29-86)58(99)79-41(19-22-105-3)54(95)78-40(17-18-49(91)92)53(94)81-43(23-34-11-5-4-6-12-34)56(97)82-44(24-35-26-73-38-14-8-7-13-37(35)38)57(98)77-39(15-9-20-71-63(66)67)55(96)85-51(33(2)89)61(102)80-42(62(103)104)16-10-21-72-64(68)69/h4-8,11-14,26-27,31-33,39-47,50-51,73,86-89H,9-10,15-25,28-30,65H2,1-3H3,(H,70,75)(H,74,93)(H,76,90)(H,77,98)(H,78,95)(H,79,99)(H,80,102)(H,81,94)(H,82,97)(H,83,100)(H,84,101)(H,85,96)(H,91,92)(H,103,104)(H4,66,67,71)(H4,68,69,72)/t32-,33-,39+,40+,41+,42+,43+,44+,45+,46+,47+,50+,51+/m1/s1. The second-order valence-electron chi connectivity index (χ2n) is 24.2. The van der Waals surface area contributed by atoms with Gasteiger partial charge < -0.3 is 128 Å². The van der Waals surface area contributed by atoms with Crippen LogP contribution in [0.25, 0.3) is 10.9 Å². The zero-order valence-corrected chi connectivity index (χ0v) is 58.7. The van der Waals surface area contributed by atoms with Gasteiger partial charge in [-0.1, -0.05) is 48.5 Å². The molecule has 40 nitrogen and oxygen atoms in total. The van der Waals surface area contributed by atoms with Crippen molar-refractivity contribution in [1.82, 2.24) is 73.4 Å². The molecule has 0 aliphatic carbocycles. The van der Waals surface area contributed by atoms with E-state index in [0.717, 1.165) is 6.92 Å².